The van der Waals surface area contributed by atoms with E-state index in [2.05, 4.69) is 192 Å². The Bertz CT molecular complexity index is 2240. The summed E-state index contributed by atoms with van der Waals surface area (Å²) in [5, 5.41) is 0. The average Bonchev–Trinajstić information content (AvgIpc) is 3.45. The number of hydrogen-bond acceptors (Lipinski definition) is 0. The minimum absolute atomic E-state index is 0.0735. The van der Waals surface area contributed by atoms with E-state index in [0.29, 0.717) is 0 Å². The minimum Gasteiger partial charge on any atom is -0.0579 e. The fraction of sp³-hybridized carbons (Fsp3) is 0.321. The molecule has 0 heteroatoms. The van der Waals surface area contributed by atoms with E-state index in [1.54, 1.807) is 0 Å². The van der Waals surface area contributed by atoms with Crippen molar-refractivity contribution in [3.63, 3.8) is 0 Å². The van der Waals surface area contributed by atoms with E-state index in [9.17, 15) is 0 Å². The zero-order valence-corrected chi connectivity index (χ0v) is 34.1. The molecule has 0 saturated carbocycles. The zero-order valence-electron chi connectivity index (χ0n) is 34.1. The summed E-state index contributed by atoms with van der Waals surface area (Å²) in [5.41, 5.74) is 25.0. The molecule has 2 aliphatic carbocycles. The Morgan fingerprint density at radius 3 is 1.04 bits per heavy atom. The maximum atomic E-state index is 2.53. The lowest BCUT2D eigenvalue weighted by atomic mass is 9.79. The number of fused-ring (bicyclic) bond motifs is 6. The number of rotatable bonds is 4. The second-order valence-corrected chi connectivity index (χ2v) is 19.3. The summed E-state index contributed by atoms with van der Waals surface area (Å²) in [4.78, 5) is 0. The number of benzene rings is 6. The molecule has 0 aliphatic heterocycles. The van der Waals surface area contributed by atoms with Crippen molar-refractivity contribution >= 4 is 0 Å². The van der Waals surface area contributed by atoms with Gasteiger partial charge in [0.1, 0.15) is 0 Å². The highest BCUT2D eigenvalue weighted by atomic mass is 14.4. The van der Waals surface area contributed by atoms with Gasteiger partial charge in [-0.25, -0.2) is 0 Å². The maximum Gasteiger partial charge on any atom is 0.0159 e. The van der Waals surface area contributed by atoms with Crippen LogP contribution in [0, 0.1) is 13.8 Å². The van der Waals surface area contributed by atoms with Crippen molar-refractivity contribution in [3.05, 3.63) is 165 Å². The van der Waals surface area contributed by atoms with Gasteiger partial charge in [0.25, 0.3) is 0 Å². The summed E-state index contributed by atoms with van der Waals surface area (Å²) in [7, 11) is 0. The van der Waals surface area contributed by atoms with Crippen LogP contribution in [-0.2, 0) is 28.1 Å². The molecule has 0 amide bonds. The van der Waals surface area contributed by atoms with Crippen LogP contribution in [0.2, 0.25) is 0 Å². The monoisotopic (exact) mass is 692 g/mol. The van der Waals surface area contributed by atoms with Crippen LogP contribution in [0.15, 0.2) is 109 Å². The number of aryl methyl sites for hydroxylation is 2. The molecule has 0 radical (unpaired) electrons. The molecule has 0 bridgehead atoms. The lowest BCUT2D eigenvalue weighted by molar-refractivity contribution is 0.590. The fourth-order valence-electron chi connectivity index (χ4n) is 9.14. The summed E-state index contributed by atoms with van der Waals surface area (Å²) < 4.78 is 0. The van der Waals surface area contributed by atoms with Crippen LogP contribution in [0.1, 0.15) is 125 Å². The largest absolute Gasteiger partial charge is 0.0579 e. The van der Waals surface area contributed by atoms with Gasteiger partial charge in [-0.1, -0.05) is 166 Å². The molecule has 0 nitrogen and oxygen atoms in total. The molecule has 8 rings (SSSR count). The molecule has 6 aromatic rings. The van der Waals surface area contributed by atoms with Crippen molar-refractivity contribution in [2.24, 2.45) is 0 Å². The molecule has 0 fully saturated rings. The molecular formula is C53H56. The summed E-state index contributed by atoms with van der Waals surface area (Å²) in [6, 6.07) is 42.6. The van der Waals surface area contributed by atoms with Crippen LogP contribution in [0.4, 0.5) is 0 Å². The number of hydrogen-bond donors (Lipinski definition) is 0. The van der Waals surface area contributed by atoms with Crippen molar-refractivity contribution < 1.29 is 0 Å². The van der Waals surface area contributed by atoms with E-state index < -0.39 is 0 Å². The van der Waals surface area contributed by atoms with E-state index in [0.717, 1.165) is 6.42 Å². The Morgan fingerprint density at radius 1 is 0.377 bits per heavy atom. The molecule has 6 aromatic carbocycles. The SMILES string of the molecule is Cc1cc2c(cc1Cc1cc3c(cc1C)-c1ccc(-c4ccc(C(C)(C)C)cc4)cc1C3(C)C)C(C)(C)c1cc(-c3ccc(C(C)(C)C)cc3)ccc1-2. The van der Waals surface area contributed by atoms with Crippen molar-refractivity contribution in [2.75, 3.05) is 0 Å². The Morgan fingerprint density at radius 2 is 0.698 bits per heavy atom. The van der Waals surface area contributed by atoms with Crippen LogP contribution in [0.3, 0.4) is 0 Å². The van der Waals surface area contributed by atoms with E-state index in [1.165, 1.54) is 100 Å². The molecule has 0 heterocycles. The molecule has 0 atom stereocenters. The Labute approximate surface area is 319 Å². The van der Waals surface area contributed by atoms with Crippen molar-refractivity contribution in [3.8, 4) is 44.5 Å². The first-order valence-corrected chi connectivity index (χ1v) is 19.6. The van der Waals surface area contributed by atoms with Crippen molar-refractivity contribution in [2.45, 2.75) is 111 Å². The molecular weight excluding hydrogens is 637 g/mol. The molecule has 2 aliphatic rings. The molecule has 0 N–H and O–H groups in total. The Balaban J connectivity index is 1.10. The molecule has 0 spiro atoms. The van der Waals surface area contributed by atoms with Gasteiger partial charge >= 0.3 is 0 Å². The van der Waals surface area contributed by atoms with Gasteiger partial charge in [-0.3, -0.25) is 0 Å². The molecule has 268 valence electrons. The lowest BCUT2D eigenvalue weighted by Gasteiger charge is -2.24. The average molecular weight is 693 g/mol. The van der Waals surface area contributed by atoms with Crippen LogP contribution in [0.25, 0.3) is 44.5 Å². The highest BCUT2D eigenvalue weighted by molar-refractivity contribution is 5.86. The standard InChI is InChI=1S/C53H56/c1-32-25-44-42-23-17-36(34-13-19-40(20-14-34)50(3,4)5)28-46(42)52(9,10)48(44)30-38(32)27-39-31-49-45(26-33(39)2)43-24-18-37(29-47(43)53(49,11)12)35-15-21-41(22-16-35)51(6,7)8/h13-26,28-31H,27H2,1-12H3. The summed E-state index contributed by atoms with van der Waals surface area (Å²) in [5.74, 6) is 0. The lowest BCUT2D eigenvalue weighted by Crippen LogP contribution is -2.16. The molecule has 0 unspecified atom stereocenters. The summed E-state index contributed by atoms with van der Waals surface area (Å²) >= 11 is 0. The van der Waals surface area contributed by atoms with E-state index in [4.69, 9.17) is 0 Å². The fourth-order valence-corrected chi connectivity index (χ4v) is 9.14. The second-order valence-electron chi connectivity index (χ2n) is 19.3. The zero-order chi connectivity index (χ0) is 37.8. The smallest absolute Gasteiger partial charge is 0.0159 e. The Hall–Kier alpha value is -4.68. The molecule has 0 saturated heterocycles. The van der Waals surface area contributed by atoms with Crippen LogP contribution >= 0.6 is 0 Å². The second kappa shape index (κ2) is 11.9. The predicted octanol–water partition coefficient (Wildman–Crippen LogP) is 14.4. The maximum absolute atomic E-state index is 2.53. The van der Waals surface area contributed by atoms with Gasteiger partial charge in [0.05, 0.1) is 0 Å². The van der Waals surface area contributed by atoms with Crippen LogP contribution < -0.4 is 0 Å². The van der Waals surface area contributed by atoms with Gasteiger partial charge in [0, 0.05) is 10.8 Å². The first kappa shape index (κ1) is 35.4. The first-order chi connectivity index (χ1) is 24.8. The third kappa shape index (κ3) is 5.81. The van der Waals surface area contributed by atoms with E-state index in [1.807, 2.05) is 0 Å². The third-order valence-corrected chi connectivity index (χ3v) is 12.8. The molecule has 53 heavy (non-hydrogen) atoms. The summed E-state index contributed by atoms with van der Waals surface area (Å²) in [6.07, 6.45) is 0.938. The van der Waals surface area contributed by atoms with Crippen molar-refractivity contribution in [1.82, 2.24) is 0 Å². The quantitative estimate of drug-likeness (QED) is 0.172. The van der Waals surface area contributed by atoms with E-state index in [-0.39, 0.29) is 21.7 Å². The van der Waals surface area contributed by atoms with Gasteiger partial charge < -0.3 is 0 Å². The topological polar surface area (TPSA) is 0 Å². The van der Waals surface area contributed by atoms with Gasteiger partial charge in [0.2, 0.25) is 0 Å². The highest BCUT2D eigenvalue weighted by Gasteiger charge is 2.38. The van der Waals surface area contributed by atoms with Gasteiger partial charge in [-0.2, -0.15) is 0 Å². The third-order valence-electron chi connectivity index (χ3n) is 12.8. The van der Waals surface area contributed by atoms with Gasteiger partial charge in [-0.15, -0.1) is 0 Å². The van der Waals surface area contributed by atoms with E-state index >= 15 is 0 Å². The highest BCUT2D eigenvalue weighted by Crippen LogP contribution is 2.52. The van der Waals surface area contributed by atoms with Crippen molar-refractivity contribution in [1.29, 1.82) is 0 Å². The summed E-state index contributed by atoms with van der Waals surface area (Å²) in [6.45, 7) is 28.0. The molecule has 0 aromatic heterocycles. The van der Waals surface area contributed by atoms with Crippen LogP contribution in [0.5, 0.6) is 0 Å². The normalized spacial score (nSPS) is 15.2. The van der Waals surface area contributed by atoms with Gasteiger partial charge in [-0.05, 0) is 143 Å². The van der Waals surface area contributed by atoms with Gasteiger partial charge in [0.15, 0.2) is 0 Å². The Kier molecular flexibility index (Phi) is 7.95. The van der Waals surface area contributed by atoms with Crippen LogP contribution in [-0.4, -0.2) is 0 Å². The minimum atomic E-state index is -0.0735. The predicted molar refractivity (Wildman–Crippen MR) is 229 cm³/mol. The first-order valence-electron chi connectivity index (χ1n) is 19.6.